The van der Waals surface area contributed by atoms with Gasteiger partial charge in [-0.3, -0.25) is 4.79 Å². The third-order valence-corrected chi connectivity index (χ3v) is 4.94. The van der Waals surface area contributed by atoms with Gasteiger partial charge in [-0.2, -0.15) is 0 Å². The second-order valence-corrected chi connectivity index (χ2v) is 7.43. The first-order chi connectivity index (χ1) is 12.8. The number of hydrogen-bond donors (Lipinski definition) is 4. The minimum atomic E-state index is -0.807. The van der Waals surface area contributed by atoms with Crippen LogP contribution in [-0.4, -0.2) is 23.0 Å². The minimum Gasteiger partial charge on any atom is -0.365 e. The van der Waals surface area contributed by atoms with Crippen molar-refractivity contribution in [2.45, 2.75) is 37.8 Å². The number of carbonyl (C=O) groups is 1. The van der Waals surface area contributed by atoms with Gasteiger partial charge < -0.3 is 22.1 Å². The average Bonchev–Trinajstić information content (AvgIpc) is 2.58. The number of carbonyl (C=O) groups excluding carboxylic acids is 1. The lowest BCUT2D eigenvalue weighted by Gasteiger charge is -2.30. The molecule has 1 aromatic carbocycles. The lowest BCUT2D eigenvalue weighted by atomic mass is 9.91. The van der Waals surface area contributed by atoms with Crippen molar-refractivity contribution >= 4 is 46.4 Å². The van der Waals surface area contributed by atoms with Crippen molar-refractivity contribution in [3.63, 3.8) is 0 Å². The Bertz CT molecular complexity index is 844. The molecular formula is C18H20Cl2FN5O. The number of nitrogens with one attached hydrogen (secondary N) is 2. The quantitative estimate of drug-likeness (QED) is 0.593. The molecule has 0 aliphatic heterocycles. The van der Waals surface area contributed by atoms with Crippen LogP contribution in [0.1, 0.15) is 36.0 Å². The van der Waals surface area contributed by atoms with E-state index in [0.717, 1.165) is 31.7 Å². The molecule has 1 fully saturated rings. The van der Waals surface area contributed by atoms with Crippen LogP contribution in [0.15, 0.2) is 24.3 Å². The van der Waals surface area contributed by atoms with Crippen molar-refractivity contribution in [2.75, 3.05) is 10.6 Å². The highest BCUT2D eigenvalue weighted by Crippen LogP contribution is 2.29. The first kappa shape index (κ1) is 19.7. The summed E-state index contributed by atoms with van der Waals surface area (Å²) < 4.78 is 14.5. The minimum absolute atomic E-state index is 0.0120. The Morgan fingerprint density at radius 2 is 1.78 bits per heavy atom. The number of pyridine rings is 1. The molecule has 1 aromatic heterocycles. The summed E-state index contributed by atoms with van der Waals surface area (Å²) in [5.41, 5.74) is 11.9. The Morgan fingerprint density at radius 3 is 2.41 bits per heavy atom. The maximum Gasteiger partial charge on any atom is 0.252 e. The molecule has 2 aromatic rings. The average molecular weight is 412 g/mol. The van der Waals surface area contributed by atoms with Gasteiger partial charge in [0.15, 0.2) is 11.6 Å². The second kappa shape index (κ2) is 8.29. The number of rotatable bonds is 5. The number of hydrogen-bond acceptors (Lipinski definition) is 5. The molecular weight excluding hydrogens is 392 g/mol. The molecule has 0 saturated heterocycles. The van der Waals surface area contributed by atoms with Crippen LogP contribution in [0.2, 0.25) is 10.0 Å². The molecule has 1 aliphatic rings. The topological polar surface area (TPSA) is 106 Å². The van der Waals surface area contributed by atoms with Gasteiger partial charge in [-0.25, -0.2) is 9.37 Å². The van der Waals surface area contributed by atoms with Gasteiger partial charge >= 0.3 is 0 Å². The van der Waals surface area contributed by atoms with Crippen LogP contribution < -0.4 is 22.1 Å². The number of primary amides is 1. The number of benzene rings is 1. The maximum atomic E-state index is 14.5. The summed E-state index contributed by atoms with van der Waals surface area (Å²) in [6.45, 7) is 0. The van der Waals surface area contributed by atoms with Gasteiger partial charge in [-0.05, 0) is 37.1 Å². The number of halogens is 3. The van der Waals surface area contributed by atoms with Gasteiger partial charge in [0.25, 0.3) is 5.91 Å². The van der Waals surface area contributed by atoms with E-state index < -0.39 is 11.7 Å². The highest BCUT2D eigenvalue weighted by molar-refractivity contribution is 6.35. The summed E-state index contributed by atoms with van der Waals surface area (Å²) in [6.07, 6.45) is 3.76. The Labute approximate surface area is 166 Å². The van der Waals surface area contributed by atoms with Crippen molar-refractivity contribution in [1.82, 2.24) is 4.98 Å². The van der Waals surface area contributed by atoms with Crippen molar-refractivity contribution in [1.29, 1.82) is 0 Å². The molecule has 1 amide bonds. The van der Waals surface area contributed by atoms with E-state index in [0.29, 0.717) is 15.7 Å². The van der Waals surface area contributed by atoms with E-state index in [-0.39, 0.29) is 29.3 Å². The van der Waals surface area contributed by atoms with E-state index in [1.165, 1.54) is 0 Å². The van der Waals surface area contributed by atoms with E-state index in [1.807, 2.05) is 0 Å². The number of amides is 1. The first-order valence-electron chi connectivity index (χ1n) is 8.59. The zero-order chi connectivity index (χ0) is 19.6. The highest BCUT2D eigenvalue weighted by Gasteiger charge is 2.24. The molecule has 144 valence electrons. The van der Waals surface area contributed by atoms with Gasteiger partial charge in [0, 0.05) is 27.8 Å². The third-order valence-electron chi connectivity index (χ3n) is 4.51. The Hall–Kier alpha value is -2.09. The Balaban J connectivity index is 1.94. The number of nitrogens with two attached hydrogens (primary N) is 2. The van der Waals surface area contributed by atoms with Crippen LogP contribution in [-0.2, 0) is 0 Å². The van der Waals surface area contributed by atoms with E-state index >= 15 is 0 Å². The molecule has 1 aliphatic carbocycles. The first-order valence-corrected chi connectivity index (χ1v) is 9.34. The molecule has 9 heteroatoms. The van der Waals surface area contributed by atoms with Crippen LogP contribution in [0.25, 0.3) is 0 Å². The summed E-state index contributed by atoms with van der Waals surface area (Å²) in [5, 5.41) is 6.80. The molecule has 3 rings (SSSR count). The maximum absolute atomic E-state index is 14.5. The molecule has 2 atom stereocenters. The lowest BCUT2D eigenvalue weighted by Crippen LogP contribution is -2.43. The van der Waals surface area contributed by atoms with Gasteiger partial charge in [-0.1, -0.05) is 36.0 Å². The summed E-state index contributed by atoms with van der Waals surface area (Å²) in [7, 11) is 0. The normalized spacial score (nSPS) is 19.6. The molecule has 6 nitrogen and oxygen atoms in total. The highest BCUT2D eigenvalue weighted by atomic mass is 35.5. The van der Waals surface area contributed by atoms with Gasteiger partial charge in [0.2, 0.25) is 0 Å². The molecule has 1 saturated carbocycles. The summed E-state index contributed by atoms with van der Waals surface area (Å²) in [6, 6.07) is 5.66. The fraction of sp³-hybridized carbons (Fsp3) is 0.333. The predicted octanol–water partition coefficient (Wildman–Crippen LogP) is 4.05. The summed E-state index contributed by atoms with van der Waals surface area (Å²) in [5.74, 6) is -1.36. The van der Waals surface area contributed by atoms with Crippen LogP contribution in [0.3, 0.4) is 0 Å². The van der Waals surface area contributed by atoms with Crippen LogP contribution in [0.4, 0.5) is 21.7 Å². The fourth-order valence-electron chi connectivity index (χ4n) is 3.15. The fourth-order valence-corrected chi connectivity index (χ4v) is 3.68. The van der Waals surface area contributed by atoms with Crippen molar-refractivity contribution in [3.05, 3.63) is 45.7 Å². The monoisotopic (exact) mass is 411 g/mol. The van der Waals surface area contributed by atoms with E-state index in [9.17, 15) is 9.18 Å². The molecule has 27 heavy (non-hydrogen) atoms. The van der Waals surface area contributed by atoms with Gasteiger partial charge in [0.05, 0.1) is 5.56 Å². The van der Waals surface area contributed by atoms with Crippen LogP contribution >= 0.6 is 23.2 Å². The Kier molecular flexibility index (Phi) is 6.04. The summed E-state index contributed by atoms with van der Waals surface area (Å²) >= 11 is 12.0. The molecule has 1 heterocycles. The second-order valence-electron chi connectivity index (χ2n) is 6.56. The van der Waals surface area contributed by atoms with Crippen molar-refractivity contribution in [2.24, 2.45) is 11.5 Å². The predicted molar refractivity (Wildman–Crippen MR) is 106 cm³/mol. The number of nitrogens with zero attached hydrogens (tertiary/aromatic N) is 1. The van der Waals surface area contributed by atoms with Crippen LogP contribution in [0.5, 0.6) is 0 Å². The number of anilines is 3. The SMILES string of the molecule is NC(=O)c1cc(F)c(NC2CCCCC2N)nc1Nc1cc(Cl)cc(Cl)c1. The van der Waals surface area contributed by atoms with E-state index in [2.05, 4.69) is 15.6 Å². The molecule has 0 bridgehead atoms. The molecule has 2 unspecified atom stereocenters. The number of aromatic nitrogens is 1. The van der Waals surface area contributed by atoms with Crippen LogP contribution in [0, 0.1) is 5.82 Å². The van der Waals surface area contributed by atoms with Crippen molar-refractivity contribution in [3.8, 4) is 0 Å². The zero-order valence-corrected chi connectivity index (χ0v) is 15.9. The third kappa shape index (κ3) is 4.80. The van der Waals surface area contributed by atoms with E-state index in [4.69, 9.17) is 34.7 Å². The Morgan fingerprint density at radius 1 is 1.11 bits per heavy atom. The lowest BCUT2D eigenvalue weighted by molar-refractivity contribution is 0.100. The largest absolute Gasteiger partial charge is 0.365 e. The molecule has 0 radical (unpaired) electrons. The van der Waals surface area contributed by atoms with Crippen molar-refractivity contribution < 1.29 is 9.18 Å². The van der Waals surface area contributed by atoms with Gasteiger partial charge in [0.1, 0.15) is 5.82 Å². The molecule has 6 N–H and O–H groups in total. The smallest absolute Gasteiger partial charge is 0.252 e. The zero-order valence-electron chi connectivity index (χ0n) is 14.4. The van der Waals surface area contributed by atoms with E-state index in [1.54, 1.807) is 18.2 Å². The van der Waals surface area contributed by atoms with Gasteiger partial charge in [-0.15, -0.1) is 0 Å². The summed E-state index contributed by atoms with van der Waals surface area (Å²) in [4.78, 5) is 16.0. The standard InChI is InChI=1S/C18H20Cl2FN5O/c19-9-5-10(20)7-11(6-9)24-17-12(16(23)27)8-13(21)18(26-17)25-15-4-2-1-3-14(15)22/h5-8,14-15H,1-4,22H2,(H2,23,27)(H2,24,25,26). The molecule has 0 spiro atoms.